The van der Waals surface area contributed by atoms with E-state index in [0.29, 0.717) is 29.7 Å². The number of pyridine rings is 1. The topological polar surface area (TPSA) is 113 Å². The molecule has 2 amide bonds. The summed E-state index contributed by atoms with van der Waals surface area (Å²) in [5.41, 5.74) is 2.71. The molecule has 11 nitrogen and oxygen atoms in total. The predicted octanol–water partition coefficient (Wildman–Crippen LogP) is 1.62. The zero-order valence-corrected chi connectivity index (χ0v) is 18.7. The van der Waals surface area contributed by atoms with Gasteiger partial charge in [0.25, 0.3) is 5.78 Å². The highest BCUT2D eigenvalue weighted by Gasteiger charge is 2.33. The van der Waals surface area contributed by atoms with Crippen LogP contribution in [0.2, 0.25) is 0 Å². The van der Waals surface area contributed by atoms with Crippen molar-refractivity contribution in [1.29, 1.82) is 0 Å². The minimum absolute atomic E-state index is 0.0337. The van der Waals surface area contributed by atoms with Gasteiger partial charge in [0.05, 0.1) is 13.3 Å². The van der Waals surface area contributed by atoms with E-state index < -0.39 is 0 Å². The van der Waals surface area contributed by atoms with E-state index in [4.69, 9.17) is 4.74 Å². The molecule has 1 saturated heterocycles. The second-order valence-corrected chi connectivity index (χ2v) is 8.76. The first-order chi connectivity index (χ1) is 15.3. The Hall–Kier alpha value is -3.47. The van der Waals surface area contributed by atoms with E-state index in [1.54, 1.807) is 24.2 Å². The molecule has 2 aliphatic rings. The van der Waals surface area contributed by atoms with Crippen molar-refractivity contribution in [3.8, 4) is 5.88 Å². The number of anilines is 3. The number of amides is 2. The molecule has 0 radical (unpaired) electrons. The van der Waals surface area contributed by atoms with Crippen LogP contribution in [-0.4, -0.2) is 69.4 Å². The van der Waals surface area contributed by atoms with Gasteiger partial charge >= 0.3 is 6.03 Å². The summed E-state index contributed by atoms with van der Waals surface area (Å²) in [6.07, 6.45) is 4.19. The Bertz CT molecular complexity index is 1190. The third kappa shape index (κ3) is 3.58. The fourth-order valence-electron chi connectivity index (χ4n) is 4.45. The van der Waals surface area contributed by atoms with Gasteiger partial charge in [0.1, 0.15) is 17.3 Å². The lowest BCUT2D eigenvalue weighted by Gasteiger charge is -2.41. The lowest BCUT2D eigenvalue weighted by Crippen LogP contribution is -2.57. The minimum atomic E-state index is -0.287. The van der Waals surface area contributed by atoms with Crippen molar-refractivity contribution >= 4 is 29.0 Å². The third-order valence-corrected chi connectivity index (χ3v) is 5.84. The Kier molecular flexibility index (Phi) is 4.85. The molecule has 0 aromatic carbocycles. The van der Waals surface area contributed by atoms with Crippen LogP contribution in [0.5, 0.6) is 5.88 Å². The van der Waals surface area contributed by atoms with Gasteiger partial charge in [-0.3, -0.25) is 4.90 Å². The Morgan fingerprint density at radius 1 is 1.28 bits per heavy atom. The normalized spacial score (nSPS) is 17.5. The van der Waals surface area contributed by atoms with E-state index >= 15 is 0 Å². The highest BCUT2D eigenvalue weighted by Crippen LogP contribution is 2.35. The maximum atomic E-state index is 13.2. The lowest BCUT2D eigenvalue weighted by molar-refractivity contribution is 0.257. The van der Waals surface area contributed by atoms with E-state index in [9.17, 15) is 4.79 Å². The van der Waals surface area contributed by atoms with Crippen molar-refractivity contribution in [2.75, 3.05) is 48.4 Å². The lowest BCUT2D eigenvalue weighted by atomic mass is 10.0. The van der Waals surface area contributed by atoms with E-state index in [0.717, 1.165) is 37.3 Å². The summed E-state index contributed by atoms with van der Waals surface area (Å²) >= 11 is 0. The van der Waals surface area contributed by atoms with Crippen LogP contribution in [0.1, 0.15) is 25.2 Å². The summed E-state index contributed by atoms with van der Waals surface area (Å²) in [6.45, 7) is 9.49. The van der Waals surface area contributed by atoms with Gasteiger partial charge in [0, 0.05) is 49.2 Å². The standard InChI is InChI=1S/C21H27N9O2/c1-13-24-19-26-18(32-4)15(11-30(19)27-13)25-20(31)29-9-6-14-16(5-7-22-17(14)29)28-10-8-23-21(2,3)12-28/h5,7,11,23H,6,8-10,12H2,1-4H3,(H,25,31). The number of aromatic nitrogens is 5. The second kappa shape index (κ2) is 7.59. The van der Waals surface area contributed by atoms with Gasteiger partial charge in [-0.1, -0.05) is 0 Å². The predicted molar refractivity (Wildman–Crippen MR) is 121 cm³/mol. The smallest absolute Gasteiger partial charge is 0.327 e. The van der Waals surface area contributed by atoms with Crippen LogP contribution in [0.25, 0.3) is 5.78 Å². The molecule has 168 valence electrons. The number of hydrogen-bond acceptors (Lipinski definition) is 8. The monoisotopic (exact) mass is 437 g/mol. The summed E-state index contributed by atoms with van der Waals surface area (Å²) in [4.78, 5) is 30.4. The van der Waals surface area contributed by atoms with Gasteiger partial charge in [-0.15, -0.1) is 0 Å². The molecular formula is C21H27N9O2. The van der Waals surface area contributed by atoms with Crippen LogP contribution in [0.4, 0.5) is 22.0 Å². The van der Waals surface area contributed by atoms with Crippen molar-refractivity contribution in [3.05, 3.63) is 29.8 Å². The Morgan fingerprint density at radius 2 is 2.12 bits per heavy atom. The summed E-state index contributed by atoms with van der Waals surface area (Å²) in [5.74, 6) is 1.97. The van der Waals surface area contributed by atoms with Crippen LogP contribution in [0.15, 0.2) is 18.5 Å². The number of nitrogens with one attached hydrogen (secondary N) is 2. The van der Waals surface area contributed by atoms with Crippen molar-refractivity contribution in [2.45, 2.75) is 32.7 Å². The fraction of sp³-hybridized carbons (Fsp3) is 0.476. The molecule has 0 spiro atoms. The number of methoxy groups -OCH3 is 1. The van der Waals surface area contributed by atoms with Gasteiger partial charge in [-0.05, 0) is 33.3 Å². The number of ether oxygens (including phenoxy) is 1. The Balaban J connectivity index is 1.41. The van der Waals surface area contributed by atoms with Gasteiger partial charge in [0.2, 0.25) is 5.88 Å². The molecular weight excluding hydrogens is 410 g/mol. The van der Waals surface area contributed by atoms with Crippen molar-refractivity contribution in [1.82, 2.24) is 29.9 Å². The number of rotatable bonds is 3. The molecule has 0 atom stereocenters. The summed E-state index contributed by atoms with van der Waals surface area (Å²) in [6, 6.07) is 1.76. The molecule has 2 N–H and O–H groups in total. The molecule has 2 aliphatic heterocycles. The zero-order valence-electron chi connectivity index (χ0n) is 18.7. The third-order valence-electron chi connectivity index (χ3n) is 5.84. The Labute approximate surface area is 185 Å². The molecule has 5 heterocycles. The van der Waals surface area contributed by atoms with Crippen LogP contribution in [0.3, 0.4) is 0 Å². The van der Waals surface area contributed by atoms with Crippen LogP contribution in [0, 0.1) is 6.92 Å². The summed E-state index contributed by atoms with van der Waals surface area (Å²) in [7, 11) is 1.51. The van der Waals surface area contributed by atoms with Gasteiger partial charge in [-0.2, -0.15) is 15.1 Å². The number of fused-ring (bicyclic) bond motifs is 2. The number of piperazine rings is 1. The average molecular weight is 438 g/mol. The van der Waals surface area contributed by atoms with Crippen molar-refractivity contribution < 1.29 is 9.53 Å². The largest absolute Gasteiger partial charge is 0.479 e. The molecule has 5 rings (SSSR count). The molecule has 0 bridgehead atoms. The molecule has 0 saturated carbocycles. The summed E-state index contributed by atoms with van der Waals surface area (Å²) in [5, 5.41) is 10.7. The van der Waals surface area contributed by atoms with Gasteiger partial charge < -0.3 is 20.3 Å². The zero-order chi connectivity index (χ0) is 22.5. The SMILES string of the molecule is COc1nc2nc(C)nn2cc1NC(=O)N1CCc2c(N3CCNC(C)(C)C3)ccnc21. The molecule has 0 unspecified atom stereocenters. The molecule has 3 aromatic rings. The van der Waals surface area contributed by atoms with Crippen molar-refractivity contribution in [3.63, 3.8) is 0 Å². The van der Waals surface area contributed by atoms with Crippen LogP contribution >= 0.6 is 0 Å². The quantitative estimate of drug-likeness (QED) is 0.636. The fourth-order valence-corrected chi connectivity index (χ4v) is 4.45. The number of nitrogens with zero attached hydrogens (tertiary/aromatic N) is 7. The van der Waals surface area contributed by atoms with E-state index in [-0.39, 0.29) is 17.5 Å². The minimum Gasteiger partial charge on any atom is -0.479 e. The molecule has 3 aromatic heterocycles. The highest BCUT2D eigenvalue weighted by molar-refractivity contribution is 6.03. The van der Waals surface area contributed by atoms with Gasteiger partial charge in [0.15, 0.2) is 0 Å². The molecule has 32 heavy (non-hydrogen) atoms. The summed E-state index contributed by atoms with van der Waals surface area (Å²) < 4.78 is 6.88. The number of carbonyl (C=O) groups excluding carboxylic acids is 1. The van der Waals surface area contributed by atoms with Crippen molar-refractivity contribution in [2.24, 2.45) is 0 Å². The molecule has 11 heteroatoms. The van der Waals surface area contributed by atoms with Gasteiger partial charge in [-0.25, -0.2) is 14.3 Å². The molecule has 0 aliphatic carbocycles. The van der Waals surface area contributed by atoms with Crippen LogP contribution in [-0.2, 0) is 6.42 Å². The number of carbonyl (C=O) groups is 1. The first-order valence-electron chi connectivity index (χ1n) is 10.7. The average Bonchev–Trinajstić information content (AvgIpc) is 3.34. The van der Waals surface area contributed by atoms with E-state index in [1.165, 1.54) is 11.6 Å². The maximum absolute atomic E-state index is 13.2. The second-order valence-electron chi connectivity index (χ2n) is 8.76. The number of hydrogen-bond donors (Lipinski definition) is 2. The maximum Gasteiger partial charge on any atom is 0.327 e. The first-order valence-corrected chi connectivity index (χ1v) is 10.7. The number of urea groups is 1. The molecule has 1 fully saturated rings. The first kappa shape index (κ1) is 20.4. The van der Waals surface area contributed by atoms with E-state index in [1.807, 2.05) is 0 Å². The van der Waals surface area contributed by atoms with Crippen LogP contribution < -0.4 is 25.2 Å². The van der Waals surface area contributed by atoms with E-state index in [2.05, 4.69) is 55.5 Å². The highest BCUT2D eigenvalue weighted by atomic mass is 16.5. The number of aryl methyl sites for hydroxylation is 1. The Morgan fingerprint density at radius 3 is 2.91 bits per heavy atom.